The van der Waals surface area contributed by atoms with E-state index in [1.165, 1.54) is 0 Å². The maximum atomic E-state index is 6.48. The van der Waals surface area contributed by atoms with Crippen LogP contribution in [-0.4, -0.2) is 22.4 Å². The van der Waals surface area contributed by atoms with Crippen LogP contribution in [0.4, 0.5) is 0 Å². The molecular weight excluding hydrogens is 341 g/mol. The molecule has 0 spiro atoms. The fourth-order valence-electron chi connectivity index (χ4n) is 2.91. The SMILES string of the molecule is Cc1nc2c(o1)-c1ccc(Cl)c(Cl)c1C(NC1=NCCS1)C2. The summed E-state index contributed by atoms with van der Waals surface area (Å²) in [4.78, 5) is 8.96. The van der Waals surface area contributed by atoms with E-state index in [9.17, 15) is 0 Å². The number of fused-ring (bicyclic) bond motifs is 3. The van der Waals surface area contributed by atoms with E-state index in [4.69, 9.17) is 27.6 Å². The highest BCUT2D eigenvalue weighted by molar-refractivity contribution is 8.14. The lowest BCUT2D eigenvalue weighted by Gasteiger charge is -2.27. The Morgan fingerprint density at radius 2 is 2.23 bits per heavy atom. The molecule has 1 aromatic carbocycles. The molecule has 0 saturated carbocycles. The third kappa shape index (κ3) is 2.32. The zero-order valence-electron chi connectivity index (χ0n) is 11.8. The van der Waals surface area contributed by atoms with Crippen molar-refractivity contribution in [1.82, 2.24) is 10.3 Å². The van der Waals surface area contributed by atoms with Gasteiger partial charge in [-0.3, -0.25) is 4.99 Å². The topological polar surface area (TPSA) is 50.4 Å². The van der Waals surface area contributed by atoms with E-state index < -0.39 is 0 Å². The molecule has 2 aliphatic rings. The molecule has 0 amide bonds. The molecule has 22 heavy (non-hydrogen) atoms. The van der Waals surface area contributed by atoms with Gasteiger partial charge in [-0.05, 0) is 12.1 Å². The highest BCUT2D eigenvalue weighted by atomic mass is 35.5. The summed E-state index contributed by atoms with van der Waals surface area (Å²) >= 11 is 14.4. The van der Waals surface area contributed by atoms with Crippen molar-refractivity contribution >= 4 is 40.1 Å². The lowest BCUT2D eigenvalue weighted by atomic mass is 9.89. The Bertz CT molecular complexity index is 787. The van der Waals surface area contributed by atoms with Crippen molar-refractivity contribution in [3.05, 3.63) is 39.3 Å². The first-order valence-electron chi connectivity index (χ1n) is 7.02. The minimum Gasteiger partial charge on any atom is -0.441 e. The van der Waals surface area contributed by atoms with E-state index in [0.29, 0.717) is 22.4 Å². The van der Waals surface area contributed by atoms with Crippen LogP contribution in [0.5, 0.6) is 0 Å². The van der Waals surface area contributed by atoms with Gasteiger partial charge in [0.25, 0.3) is 0 Å². The van der Waals surface area contributed by atoms with E-state index in [0.717, 1.165) is 40.0 Å². The van der Waals surface area contributed by atoms with Crippen molar-refractivity contribution in [2.24, 2.45) is 4.99 Å². The normalized spacial score (nSPS) is 19.6. The zero-order valence-corrected chi connectivity index (χ0v) is 14.1. The molecule has 1 aliphatic carbocycles. The number of aryl methyl sites for hydroxylation is 1. The van der Waals surface area contributed by atoms with E-state index in [-0.39, 0.29) is 6.04 Å². The van der Waals surface area contributed by atoms with Crippen LogP contribution in [0.2, 0.25) is 10.0 Å². The van der Waals surface area contributed by atoms with E-state index in [1.54, 1.807) is 17.8 Å². The first-order valence-corrected chi connectivity index (χ1v) is 8.76. The largest absolute Gasteiger partial charge is 0.441 e. The fourth-order valence-corrected chi connectivity index (χ4v) is 4.16. The Labute approximate surface area is 142 Å². The molecule has 2 heterocycles. The molecule has 1 aromatic heterocycles. The summed E-state index contributed by atoms with van der Waals surface area (Å²) in [6, 6.07) is 3.75. The van der Waals surface area contributed by atoms with Crippen LogP contribution in [0, 0.1) is 6.92 Å². The van der Waals surface area contributed by atoms with Gasteiger partial charge in [0.2, 0.25) is 0 Å². The summed E-state index contributed by atoms with van der Waals surface area (Å²) < 4.78 is 5.77. The molecule has 114 valence electrons. The number of nitrogens with zero attached hydrogens (tertiary/aromatic N) is 2. The Balaban J connectivity index is 1.84. The third-order valence-corrected chi connectivity index (χ3v) is 5.54. The number of hydrogen-bond donors (Lipinski definition) is 1. The Morgan fingerprint density at radius 1 is 1.36 bits per heavy atom. The Kier molecular flexibility index (Phi) is 3.59. The van der Waals surface area contributed by atoms with E-state index in [2.05, 4.69) is 15.3 Å². The second-order valence-corrected chi connectivity index (χ2v) is 7.14. The van der Waals surface area contributed by atoms with Crippen molar-refractivity contribution < 1.29 is 4.42 Å². The number of thioether (sulfide) groups is 1. The minimum absolute atomic E-state index is 0.00236. The third-order valence-electron chi connectivity index (χ3n) is 3.81. The molecule has 1 aliphatic heterocycles. The van der Waals surface area contributed by atoms with Crippen molar-refractivity contribution in [3.8, 4) is 11.3 Å². The van der Waals surface area contributed by atoms with Crippen LogP contribution in [0.1, 0.15) is 23.2 Å². The number of rotatable bonds is 1. The number of benzene rings is 1. The first-order chi connectivity index (χ1) is 10.6. The van der Waals surface area contributed by atoms with Crippen LogP contribution in [0.25, 0.3) is 11.3 Å². The zero-order chi connectivity index (χ0) is 15.3. The first kappa shape index (κ1) is 14.4. The van der Waals surface area contributed by atoms with Gasteiger partial charge >= 0.3 is 0 Å². The number of amidine groups is 1. The van der Waals surface area contributed by atoms with Gasteiger partial charge in [-0.2, -0.15) is 0 Å². The summed E-state index contributed by atoms with van der Waals surface area (Å²) in [5.74, 6) is 2.47. The molecule has 1 atom stereocenters. The molecule has 4 nitrogen and oxygen atoms in total. The second-order valence-electron chi connectivity index (χ2n) is 5.27. The predicted octanol–water partition coefficient (Wildman–Crippen LogP) is 4.25. The maximum absolute atomic E-state index is 6.48. The van der Waals surface area contributed by atoms with Crippen molar-refractivity contribution in [3.63, 3.8) is 0 Å². The van der Waals surface area contributed by atoms with Gasteiger partial charge in [-0.25, -0.2) is 4.98 Å². The van der Waals surface area contributed by atoms with E-state index >= 15 is 0 Å². The fraction of sp³-hybridized carbons (Fsp3) is 0.333. The number of oxazole rings is 1. The molecule has 0 fully saturated rings. The average molecular weight is 354 g/mol. The smallest absolute Gasteiger partial charge is 0.192 e. The Morgan fingerprint density at radius 3 is 3.00 bits per heavy atom. The van der Waals surface area contributed by atoms with Crippen LogP contribution >= 0.6 is 35.0 Å². The van der Waals surface area contributed by atoms with Gasteiger partial charge in [0.05, 0.1) is 28.3 Å². The lowest BCUT2D eigenvalue weighted by molar-refractivity contribution is 0.527. The highest BCUT2D eigenvalue weighted by Crippen LogP contribution is 2.44. The molecule has 0 radical (unpaired) electrons. The summed E-state index contributed by atoms with van der Waals surface area (Å²) in [5.41, 5.74) is 2.87. The number of aromatic nitrogens is 1. The molecule has 1 unspecified atom stereocenters. The van der Waals surface area contributed by atoms with Crippen LogP contribution in [0.3, 0.4) is 0 Å². The Hall–Kier alpha value is -1.17. The average Bonchev–Trinajstić information content (AvgIpc) is 3.11. The monoisotopic (exact) mass is 353 g/mol. The van der Waals surface area contributed by atoms with Crippen molar-refractivity contribution in [1.29, 1.82) is 0 Å². The predicted molar refractivity (Wildman–Crippen MR) is 91.0 cm³/mol. The maximum Gasteiger partial charge on any atom is 0.192 e. The number of nitrogens with one attached hydrogen (secondary N) is 1. The summed E-state index contributed by atoms with van der Waals surface area (Å²) in [6.07, 6.45) is 0.708. The van der Waals surface area contributed by atoms with Gasteiger partial charge in [0.15, 0.2) is 16.8 Å². The quantitative estimate of drug-likeness (QED) is 0.832. The molecule has 1 N–H and O–H groups in total. The molecule has 2 aromatic rings. The summed E-state index contributed by atoms with van der Waals surface area (Å²) in [6.45, 7) is 2.71. The van der Waals surface area contributed by atoms with Gasteiger partial charge in [0, 0.05) is 30.2 Å². The second kappa shape index (κ2) is 5.48. The van der Waals surface area contributed by atoms with Crippen molar-refractivity contribution in [2.45, 2.75) is 19.4 Å². The lowest BCUT2D eigenvalue weighted by Crippen LogP contribution is -2.29. The van der Waals surface area contributed by atoms with Crippen molar-refractivity contribution in [2.75, 3.05) is 12.3 Å². The minimum atomic E-state index is 0.00236. The van der Waals surface area contributed by atoms with Crippen LogP contribution in [0.15, 0.2) is 21.5 Å². The summed E-state index contributed by atoms with van der Waals surface area (Å²) in [7, 11) is 0. The number of halogens is 2. The van der Waals surface area contributed by atoms with Crippen LogP contribution in [-0.2, 0) is 6.42 Å². The molecule has 7 heteroatoms. The van der Waals surface area contributed by atoms with Crippen LogP contribution < -0.4 is 5.32 Å². The molecule has 0 saturated heterocycles. The number of hydrogen-bond acceptors (Lipinski definition) is 5. The van der Waals surface area contributed by atoms with Gasteiger partial charge < -0.3 is 9.73 Å². The molecule has 4 rings (SSSR count). The number of aliphatic imine (C=N–C) groups is 1. The molecular formula is C15H13Cl2N3OS. The van der Waals surface area contributed by atoms with E-state index in [1.807, 2.05) is 13.0 Å². The highest BCUT2D eigenvalue weighted by Gasteiger charge is 2.32. The summed E-state index contributed by atoms with van der Waals surface area (Å²) in [5, 5.41) is 5.55. The van der Waals surface area contributed by atoms with Gasteiger partial charge in [-0.1, -0.05) is 35.0 Å². The van der Waals surface area contributed by atoms with Gasteiger partial charge in [-0.15, -0.1) is 0 Å². The van der Waals surface area contributed by atoms with Gasteiger partial charge in [0.1, 0.15) is 0 Å². The molecule has 0 bridgehead atoms. The standard InChI is InChI=1S/C15H13Cl2N3OS/c1-7-19-11-6-10(20-15-18-4-5-22-15)12-8(14(11)21-7)2-3-9(16)13(12)17/h2-3,10H,4-6H2,1H3,(H,18,20).